The number of hydrogen-bond acceptors (Lipinski definition) is 4. The second kappa shape index (κ2) is 4.21. The molecule has 2 N–H and O–H groups in total. The molecule has 1 rings (SSSR count). The Morgan fingerprint density at radius 3 is 2.40 bits per heavy atom. The van der Waals surface area contributed by atoms with Gasteiger partial charge in [-0.05, 0) is 25.5 Å². The molecule has 0 heterocycles. The lowest BCUT2D eigenvalue weighted by molar-refractivity contribution is 0.0597. The number of nitrogen functional groups attached to an aromatic ring is 1. The first kappa shape index (κ1) is 11.4. The molecule has 0 radical (unpaired) electrons. The van der Waals surface area contributed by atoms with Gasteiger partial charge in [0.15, 0.2) is 0 Å². The molecular weight excluding hydrogens is 194 g/mol. The minimum absolute atomic E-state index is 0.407. The van der Waals surface area contributed by atoms with E-state index in [0.717, 1.165) is 11.1 Å². The number of benzene rings is 1. The van der Waals surface area contributed by atoms with Gasteiger partial charge in [0.1, 0.15) is 11.3 Å². The maximum Gasteiger partial charge on any atom is 0.341 e. The molecule has 0 atom stereocenters. The summed E-state index contributed by atoms with van der Waals surface area (Å²) >= 11 is 0. The van der Waals surface area contributed by atoms with Crippen LogP contribution in [0.4, 0.5) is 5.69 Å². The topological polar surface area (TPSA) is 61.5 Å². The molecule has 15 heavy (non-hydrogen) atoms. The van der Waals surface area contributed by atoms with E-state index in [1.54, 1.807) is 6.07 Å². The molecule has 0 amide bonds. The summed E-state index contributed by atoms with van der Waals surface area (Å²) in [6, 6.07) is 1.67. The van der Waals surface area contributed by atoms with Gasteiger partial charge < -0.3 is 15.2 Å². The molecule has 0 fully saturated rings. The molecule has 0 aromatic heterocycles. The van der Waals surface area contributed by atoms with Gasteiger partial charge in [-0.15, -0.1) is 0 Å². The third-order valence-electron chi connectivity index (χ3n) is 2.38. The zero-order valence-electron chi connectivity index (χ0n) is 9.38. The zero-order valence-corrected chi connectivity index (χ0v) is 9.38. The summed E-state index contributed by atoms with van der Waals surface area (Å²) in [6.07, 6.45) is 0. The fourth-order valence-electron chi connectivity index (χ4n) is 1.50. The number of ether oxygens (including phenoxy) is 2. The van der Waals surface area contributed by atoms with Crippen molar-refractivity contribution in [3.8, 4) is 5.75 Å². The molecule has 0 aliphatic carbocycles. The van der Waals surface area contributed by atoms with E-state index in [-0.39, 0.29) is 0 Å². The third kappa shape index (κ3) is 1.88. The van der Waals surface area contributed by atoms with Crippen LogP contribution < -0.4 is 10.5 Å². The lowest BCUT2D eigenvalue weighted by Gasteiger charge is -2.13. The van der Waals surface area contributed by atoms with E-state index >= 15 is 0 Å². The zero-order chi connectivity index (χ0) is 11.6. The van der Waals surface area contributed by atoms with Crippen LogP contribution in [0.15, 0.2) is 6.07 Å². The van der Waals surface area contributed by atoms with Crippen molar-refractivity contribution < 1.29 is 14.3 Å². The van der Waals surface area contributed by atoms with E-state index in [1.807, 2.05) is 13.8 Å². The SMILES string of the molecule is COC(=O)c1cc(C)c(N)c(C)c1OC. The molecule has 0 saturated carbocycles. The Labute approximate surface area is 89.0 Å². The Morgan fingerprint density at radius 1 is 1.33 bits per heavy atom. The lowest BCUT2D eigenvalue weighted by atomic mass is 10.0. The number of esters is 1. The smallest absolute Gasteiger partial charge is 0.341 e. The molecule has 4 nitrogen and oxygen atoms in total. The van der Waals surface area contributed by atoms with Gasteiger partial charge in [0.25, 0.3) is 0 Å². The van der Waals surface area contributed by atoms with Gasteiger partial charge in [-0.2, -0.15) is 0 Å². The second-order valence-corrected chi connectivity index (χ2v) is 3.30. The molecule has 0 bridgehead atoms. The van der Waals surface area contributed by atoms with E-state index in [1.165, 1.54) is 14.2 Å². The van der Waals surface area contributed by atoms with Crippen molar-refractivity contribution in [1.29, 1.82) is 0 Å². The van der Waals surface area contributed by atoms with Crippen LogP contribution in [0, 0.1) is 13.8 Å². The first-order valence-corrected chi connectivity index (χ1v) is 4.54. The van der Waals surface area contributed by atoms with Crippen LogP contribution in [0.5, 0.6) is 5.75 Å². The number of nitrogens with two attached hydrogens (primary N) is 1. The normalized spacial score (nSPS) is 9.87. The van der Waals surface area contributed by atoms with Gasteiger partial charge in [-0.3, -0.25) is 0 Å². The predicted molar refractivity (Wildman–Crippen MR) is 58.2 cm³/mol. The average molecular weight is 209 g/mol. The Hall–Kier alpha value is -1.71. The maximum atomic E-state index is 11.5. The number of methoxy groups -OCH3 is 2. The summed E-state index contributed by atoms with van der Waals surface area (Å²) in [4.78, 5) is 11.5. The molecule has 1 aromatic rings. The van der Waals surface area contributed by atoms with Gasteiger partial charge >= 0.3 is 5.97 Å². The Bertz CT molecular complexity index is 399. The van der Waals surface area contributed by atoms with Gasteiger partial charge in [0.2, 0.25) is 0 Å². The molecule has 1 aromatic carbocycles. The summed E-state index contributed by atoms with van der Waals surface area (Å²) in [6.45, 7) is 3.65. The minimum atomic E-state index is -0.418. The highest BCUT2D eigenvalue weighted by Gasteiger charge is 2.17. The van der Waals surface area contributed by atoms with Crippen LogP contribution in [0.2, 0.25) is 0 Å². The number of hydrogen-bond donors (Lipinski definition) is 1. The van der Waals surface area contributed by atoms with Gasteiger partial charge in [0, 0.05) is 11.3 Å². The van der Waals surface area contributed by atoms with Crippen molar-refractivity contribution >= 4 is 11.7 Å². The second-order valence-electron chi connectivity index (χ2n) is 3.30. The minimum Gasteiger partial charge on any atom is -0.495 e. The number of carbonyl (C=O) groups is 1. The third-order valence-corrected chi connectivity index (χ3v) is 2.38. The Balaban J connectivity index is 3.45. The molecule has 0 saturated heterocycles. The van der Waals surface area contributed by atoms with E-state index in [9.17, 15) is 4.79 Å². The molecule has 0 aliphatic rings. The highest BCUT2D eigenvalue weighted by atomic mass is 16.5. The van der Waals surface area contributed by atoms with E-state index in [2.05, 4.69) is 4.74 Å². The van der Waals surface area contributed by atoms with Crippen LogP contribution in [-0.2, 0) is 4.74 Å². The molecule has 0 aliphatic heterocycles. The van der Waals surface area contributed by atoms with E-state index in [0.29, 0.717) is 17.0 Å². The predicted octanol–water partition coefficient (Wildman–Crippen LogP) is 1.68. The van der Waals surface area contributed by atoms with Crippen LogP contribution in [0.25, 0.3) is 0 Å². The van der Waals surface area contributed by atoms with Crippen LogP contribution in [0.1, 0.15) is 21.5 Å². The number of carbonyl (C=O) groups excluding carboxylic acids is 1. The van der Waals surface area contributed by atoms with Crippen LogP contribution in [0.3, 0.4) is 0 Å². The first-order valence-electron chi connectivity index (χ1n) is 4.54. The summed E-state index contributed by atoms with van der Waals surface area (Å²) in [5, 5.41) is 0. The molecule has 82 valence electrons. The highest BCUT2D eigenvalue weighted by molar-refractivity contribution is 5.94. The van der Waals surface area contributed by atoms with Crippen LogP contribution in [-0.4, -0.2) is 20.2 Å². The number of aryl methyl sites for hydroxylation is 1. The van der Waals surface area contributed by atoms with E-state index < -0.39 is 5.97 Å². The van der Waals surface area contributed by atoms with Gasteiger partial charge in [-0.25, -0.2) is 4.79 Å². The van der Waals surface area contributed by atoms with Gasteiger partial charge in [-0.1, -0.05) is 0 Å². The molecular formula is C11H15NO3. The van der Waals surface area contributed by atoms with Crippen molar-refractivity contribution in [2.24, 2.45) is 0 Å². The fourth-order valence-corrected chi connectivity index (χ4v) is 1.50. The Morgan fingerprint density at radius 2 is 1.93 bits per heavy atom. The molecule has 4 heteroatoms. The van der Waals surface area contributed by atoms with E-state index in [4.69, 9.17) is 10.5 Å². The first-order chi connectivity index (χ1) is 7.02. The Kier molecular flexibility index (Phi) is 3.19. The number of rotatable bonds is 2. The highest BCUT2D eigenvalue weighted by Crippen LogP contribution is 2.31. The van der Waals surface area contributed by atoms with Crippen molar-refractivity contribution in [1.82, 2.24) is 0 Å². The van der Waals surface area contributed by atoms with Gasteiger partial charge in [0.05, 0.1) is 14.2 Å². The average Bonchev–Trinajstić information content (AvgIpc) is 2.24. The van der Waals surface area contributed by atoms with Crippen molar-refractivity contribution in [2.75, 3.05) is 20.0 Å². The molecule has 0 spiro atoms. The summed E-state index contributed by atoms with van der Waals surface area (Å²) < 4.78 is 9.82. The van der Waals surface area contributed by atoms with Crippen LogP contribution >= 0.6 is 0 Å². The fraction of sp³-hybridized carbons (Fsp3) is 0.364. The number of anilines is 1. The quantitative estimate of drug-likeness (QED) is 0.594. The summed E-state index contributed by atoms with van der Waals surface area (Å²) in [7, 11) is 2.84. The standard InChI is InChI=1S/C11H15NO3/c1-6-5-8(11(13)15-4)10(14-3)7(2)9(6)12/h5H,12H2,1-4H3. The largest absolute Gasteiger partial charge is 0.495 e. The lowest BCUT2D eigenvalue weighted by Crippen LogP contribution is -2.08. The molecule has 0 unspecified atom stereocenters. The summed E-state index contributed by atoms with van der Waals surface area (Å²) in [5.41, 5.74) is 8.49. The van der Waals surface area contributed by atoms with Crippen molar-refractivity contribution in [2.45, 2.75) is 13.8 Å². The monoisotopic (exact) mass is 209 g/mol. The van der Waals surface area contributed by atoms with Crippen molar-refractivity contribution in [3.63, 3.8) is 0 Å². The summed E-state index contributed by atoms with van der Waals surface area (Å²) in [5.74, 6) is 0.0583. The van der Waals surface area contributed by atoms with Crippen molar-refractivity contribution in [3.05, 3.63) is 22.8 Å². The maximum absolute atomic E-state index is 11.5.